The number of hydrogen-bond donors (Lipinski definition) is 1. The SMILES string of the molecule is C#CCn1c(O)c(C2=c3ccccc3=NC2=O)c2ccccc21. The molecule has 110 valence electrons. The zero-order chi connectivity index (χ0) is 16.0. The van der Waals surface area contributed by atoms with Crippen LogP contribution >= 0.6 is 0 Å². The summed E-state index contributed by atoms with van der Waals surface area (Å²) >= 11 is 0. The van der Waals surface area contributed by atoms with Crippen LogP contribution in [-0.4, -0.2) is 15.6 Å². The van der Waals surface area contributed by atoms with Gasteiger partial charge in [-0.05, 0) is 12.1 Å². The first-order valence-corrected chi connectivity index (χ1v) is 7.19. The number of aromatic hydroxyl groups is 1. The second kappa shape index (κ2) is 4.85. The molecular weight excluding hydrogens is 288 g/mol. The molecule has 1 aliphatic rings. The van der Waals surface area contributed by atoms with Crippen LogP contribution in [0.4, 0.5) is 0 Å². The fourth-order valence-corrected chi connectivity index (χ4v) is 3.09. The van der Waals surface area contributed by atoms with Gasteiger partial charge in [0.15, 0.2) is 0 Å². The van der Waals surface area contributed by atoms with Crippen LogP contribution in [0, 0.1) is 12.3 Å². The Labute approximate surface area is 132 Å². The molecular formula is C19H12N2O2. The molecule has 3 aromatic rings. The largest absolute Gasteiger partial charge is 0.494 e. The molecule has 1 amide bonds. The maximum atomic E-state index is 12.4. The number of nitrogens with zero attached hydrogens (tertiary/aromatic N) is 2. The van der Waals surface area contributed by atoms with Crippen molar-refractivity contribution in [3.05, 3.63) is 64.7 Å². The number of carbonyl (C=O) groups is 1. The van der Waals surface area contributed by atoms with Gasteiger partial charge in [0.25, 0.3) is 5.91 Å². The molecule has 0 spiro atoms. The summed E-state index contributed by atoms with van der Waals surface area (Å²) in [5, 5.41) is 12.8. The standard InChI is InChI=1S/C19H12N2O2/c1-2-11-21-15-10-6-4-8-13(15)17(19(21)23)16-12-7-3-5-9-14(12)20-18(16)22/h1,3-10,23H,11H2. The summed E-state index contributed by atoms with van der Waals surface area (Å²) in [6.07, 6.45) is 5.41. The first-order chi connectivity index (χ1) is 11.2. The summed E-state index contributed by atoms with van der Waals surface area (Å²) in [6.45, 7) is 0.229. The van der Waals surface area contributed by atoms with E-state index < -0.39 is 0 Å². The number of aromatic nitrogens is 1. The van der Waals surface area contributed by atoms with E-state index in [9.17, 15) is 9.90 Å². The van der Waals surface area contributed by atoms with E-state index >= 15 is 0 Å². The van der Waals surface area contributed by atoms with Gasteiger partial charge in [-0.15, -0.1) is 6.42 Å². The van der Waals surface area contributed by atoms with Gasteiger partial charge in [0.1, 0.15) is 0 Å². The fourth-order valence-electron chi connectivity index (χ4n) is 3.09. The normalized spacial score (nSPS) is 13.0. The van der Waals surface area contributed by atoms with Gasteiger partial charge in [0.05, 0.1) is 28.6 Å². The van der Waals surface area contributed by atoms with Crippen molar-refractivity contribution >= 4 is 22.4 Å². The minimum Gasteiger partial charge on any atom is -0.494 e. The summed E-state index contributed by atoms with van der Waals surface area (Å²) in [5.41, 5.74) is 1.71. The predicted molar refractivity (Wildman–Crippen MR) is 87.2 cm³/mol. The predicted octanol–water partition coefficient (Wildman–Crippen LogP) is 1.34. The lowest BCUT2D eigenvalue weighted by atomic mass is 10.0. The van der Waals surface area contributed by atoms with E-state index in [-0.39, 0.29) is 18.3 Å². The van der Waals surface area contributed by atoms with Gasteiger partial charge >= 0.3 is 0 Å². The molecule has 4 heteroatoms. The molecule has 1 aliphatic heterocycles. The van der Waals surface area contributed by atoms with Crippen molar-refractivity contribution in [1.82, 2.24) is 4.57 Å². The number of para-hydroxylation sites is 2. The topological polar surface area (TPSA) is 54.6 Å². The van der Waals surface area contributed by atoms with Gasteiger partial charge in [-0.25, -0.2) is 4.99 Å². The second-order valence-electron chi connectivity index (χ2n) is 5.32. The Morgan fingerprint density at radius 3 is 2.70 bits per heavy atom. The number of amides is 1. The van der Waals surface area contributed by atoms with Gasteiger partial charge in [0.2, 0.25) is 5.88 Å². The van der Waals surface area contributed by atoms with Crippen molar-refractivity contribution in [3.63, 3.8) is 0 Å². The Bertz CT molecular complexity index is 1130. The van der Waals surface area contributed by atoms with Gasteiger partial charge in [-0.2, -0.15) is 0 Å². The third-order valence-corrected chi connectivity index (χ3v) is 4.05. The summed E-state index contributed by atoms with van der Waals surface area (Å²) in [5.74, 6) is 2.19. The minimum atomic E-state index is -0.342. The average Bonchev–Trinajstić information content (AvgIpc) is 3.02. The van der Waals surface area contributed by atoms with E-state index in [1.165, 1.54) is 0 Å². The molecule has 2 aromatic carbocycles. The maximum absolute atomic E-state index is 12.4. The number of carbonyl (C=O) groups excluding carboxylic acids is 1. The Morgan fingerprint density at radius 1 is 1.13 bits per heavy atom. The van der Waals surface area contributed by atoms with E-state index in [0.717, 1.165) is 16.1 Å². The molecule has 1 aromatic heterocycles. The summed E-state index contributed by atoms with van der Waals surface area (Å²) in [7, 11) is 0. The van der Waals surface area contributed by atoms with Crippen molar-refractivity contribution < 1.29 is 9.90 Å². The zero-order valence-corrected chi connectivity index (χ0v) is 12.2. The van der Waals surface area contributed by atoms with E-state index in [1.54, 1.807) is 10.6 Å². The first kappa shape index (κ1) is 13.4. The molecule has 23 heavy (non-hydrogen) atoms. The van der Waals surface area contributed by atoms with Gasteiger partial charge in [-0.1, -0.05) is 42.3 Å². The molecule has 0 atom stereocenters. The highest BCUT2D eigenvalue weighted by molar-refractivity contribution is 6.24. The molecule has 2 heterocycles. The van der Waals surface area contributed by atoms with Crippen LogP contribution in [0.1, 0.15) is 5.56 Å². The van der Waals surface area contributed by atoms with Crippen molar-refractivity contribution in [1.29, 1.82) is 0 Å². The molecule has 0 aliphatic carbocycles. The van der Waals surface area contributed by atoms with E-state index in [0.29, 0.717) is 16.5 Å². The lowest BCUT2D eigenvalue weighted by molar-refractivity contribution is -0.112. The quantitative estimate of drug-likeness (QED) is 0.726. The summed E-state index contributed by atoms with van der Waals surface area (Å²) in [4.78, 5) is 16.5. The van der Waals surface area contributed by atoms with Crippen LogP contribution in [0.15, 0.2) is 53.5 Å². The average molecular weight is 300 g/mol. The number of benzene rings is 2. The van der Waals surface area contributed by atoms with Gasteiger partial charge in [-0.3, -0.25) is 4.79 Å². The first-order valence-electron chi connectivity index (χ1n) is 7.19. The van der Waals surface area contributed by atoms with Crippen molar-refractivity contribution in [3.8, 4) is 18.2 Å². The highest BCUT2D eigenvalue weighted by Gasteiger charge is 2.26. The third kappa shape index (κ3) is 1.80. The molecule has 0 unspecified atom stereocenters. The van der Waals surface area contributed by atoms with Crippen LogP contribution in [-0.2, 0) is 11.3 Å². The molecule has 0 saturated heterocycles. The minimum absolute atomic E-state index is 0.000553. The number of fused-ring (bicyclic) bond motifs is 2. The lowest BCUT2D eigenvalue weighted by Gasteiger charge is -2.02. The third-order valence-electron chi connectivity index (χ3n) is 4.05. The van der Waals surface area contributed by atoms with Crippen LogP contribution < -0.4 is 10.6 Å². The van der Waals surface area contributed by atoms with E-state index in [2.05, 4.69) is 10.9 Å². The second-order valence-corrected chi connectivity index (χ2v) is 5.32. The van der Waals surface area contributed by atoms with Crippen molar-refractivity contribution in [2.45, 2.75) is 6.54 Å². The highest BCUT2D eigenvalue weighted by atomic mass is 16.3. The van der Waals surface area contributed by atoms with Crippen LogP contribution in [0.25, 0.3) is 16.5 Å². The Kier molecular flexibility index (Phi) is 2.82. The number of terminal acetylenes is 1. The van der Waals surface area contributed by atoms with Crippen LogP contribution in [0.5, 0.6) is 5.88 Å². The fraction of sp³-hybridized carbons (Fsp3) is 0.0526. The smallest absolute Gasteiger partial charge is 0.279 e. The van der Waals surface area contributed by atoms with Crippen LogP contribution in [0.2, 0.25) is 0 Å². The molecule has 0 bridgehead atoms. The molecule has 0 radical (unpaired) electrons. The summed E-state index contributed by atoms with van der Waals surface area (Å²) < 4.78 is 1.63. The molecule has 0 saturated carbocycles. The van der Waals surface area contributed by atoms with Gasteiger partial charge < -0.3 is 9.67 Å². The van der Waals surface area contributed by atoms with Gasteiger partial charge in [0, 0.05) is 10.6 Å². The monoisotopic (exact) mass is 300 g/mol. The molecule has 1 N–H and O–H groups in total. The Hall–Kier alpha value is -3.32. The van der Waals surface area contributed by atoms with E-state index in [1.807, 2.05) is 42.5 Å². The van der Waals surface area contributed by atoms with Crippen molar-refractivity contribution in [2.75, 3.05) is 0 Å². The lowest BCUT2D eigenvalue weighted by Crippen LogP contribution is -2.22. The zero-order valence-electron chi connectivity index (χ0n) is 12.2. The maximum Gasteiger partial charge on any atom is 0.279 e. The molecule has 4 rings (SSSR count). The van der Waals surface area contributed by atoms with E-state index in [4.69, 9.17) is 6.42 Å². The molecule has 4 nitrogen and oxygen atoms in total. The highest BCUT2D eigenvalue weighted by Crippen LogP contribution is 2.36. The summed E-state index contributed by atoms with van der Waals surface area (Å²) in [6, 6.07) is 14.8. The Morgan fingerprint density at radius 2 is 1.87 bits per heavy atom. The van der Waals surface area contributed by atoms with Crippen molar-refractivity contribution in [2.24, 2.45) is 4.99 Å². The Balaban J connectivity index is 2.18. The molecule has 0 fully saturated rings. The van der Waals surface area contributed by atoms with Crippen LogP contribution in [0.3, 0.4) is 0 Å². The number of hydrogen-bond acceptors (Lipinski definition) is 2. The number of rotatable bonds is 2.